The normalized spacial score (nSPS) is 19.1. The number of aromatic nitrogens is 3. The lowest BCUT2D eigenvalue weighted by Gasteiger charge is -2.22. The Morgan fingerprint density at radius 1 is 1.24 bits per heavy atom. The molecular weight excluding hydrogens is 344 g/mol. The first-order valence-electron chi connectivity index (χ1n) is 7.89. The third-order valence-corrected chi connectivity index (χ3v) is 6.08. The Bertz CT molecular complexity index is 915. The van der Waals surface area contributed by atoms with Gasteiger partial charge >= 0.3 is 5.97 Å². The van der Waals surface area contributed by atoms with E-state index in [2.05, 4.69) is 10.2 Å². The maximum atomic E-state index is 11.7. The minimum atomic E-state index is -3.08. The molecule has 1 aromatic carbocycles. The molecule has 0 amide bonds. The van der Waals surface area contributed by atoms with E-state index < -0.39 is 15.8 Å². The number of hydrogen-bond donors (Lipinski definition) is 1. The minimum absolute atomic E-state index is 0.00102. The molecule has 1 saturated heterocycles. The highest BCUT2D eigenvalue weighted by Crippen LogP contribution is 2.25. The van der Waals surface area contributed by atoms with Gasteiger partial charge in [0.2, 0.25) is 5.69 Å². The lowest BCUT2D eigenvalue weighted by molar-refractivity contribution is 0.0690. The largest absolute Gasteiger partial charge is 0.476 e. The molecule has 8 nitrogen and oxygen atoms in total. The van der Waals surface area contributed by atoms with Gasteiger partial charge in [0.25, 0.3) is 0 Å². The van der Waals surface area contributed by atoms with Crippen LogP contribution in [-0.2, 0) is 9.84 Å². The van der Waals surface area contributed by atoms with Gasteiger partial charge in [-0.3, -0.25) is 0 Å². The molecule has 9 heteroatoms. The molecule has 1 atom stereocenters. The number of anilines is 1. The fourth-order valence-electron chi connectivity index (χ4n) is 3.11. The number of rotatable bonds is 4. The van der Waals surface area contributed by atoms with Crippen LogP contribution in [0.15, 0.2) is 18.2 Å². The van der Waals surface area contributed by atoms with E-state index in [1.807, 2.05) is 32.0 Å². The van der Waals surface area contributed by atoms with Crippen molar-refractivity contribution < 1.29 is 18.3 Å². The van der Waals surface area contributed by atoms with Crippen LogP contribution in [0.5, 0.6) is 0 Å². The van der Waals surface area contributed by atoms with Crippen molar-refractivity contribution in [2.24, 2.45) is 0 Å². The Morgan fingerprint density at radius 3 is 2.40 bits per heavy atom. The van der Waals surface area contributed by atoms with E-state index in [1.165, 1.54) is 4.80 Å². The highest BCUT2D eigenvalue weighted by atomic mass is 32.2. The summed E-state index contributed by atoms with van der Waals surface area (Å²) >= 11 is 0. The molecule has 1 fully saturated rings. The van der Waals surface area contributed by atoms with E-state index in [0.717, 1.165) is 11.1 Å². The molecular formula is C16H20N4O4S. The first-order chi connectivity index (χ1) is 11.7. The summed E-state index contributed by atoms with van der Waals surface area (Å²) in [5.74, 6) is -0.915. The number of aryl methyl sites for hydroxylation is 2. The Labute approximate surface area is 146 Å². The molecule has 3 rings (SSSR count). The van der Waals surface area contributed by atoms with Crippen molar-refractivity contribution in [2.75, 3.05) is 23.5 Å². The molecule has 1 aliphatic heterocycles. The minimum Gasteiger partial charge on any atom is -0.476 e. The smallest absolute Gasteiger partial charge is 0.360 e. The molecule has 0 aliphatic carbocycles. The standard InChI is InChI=1S/C16H20N4O4S/c1-10-6-11(2)8-13(7-10)20-17-14(16(21)22)15(18-20)19(3)12-4-5-25(23,24)9-12/h6-8,12H,4-5,9H2,1-3H3,(H,21,22). The zero-order valence-electron chi connectivity index (χ0n) is 14.3. The van der Waals surface area contributed by atoms with E-state index in [1.54, 1.807) is 11.9 Å². The summed E-state index contributed by atoms with van der Waals surface area (Å²) in [5, 5.41) is 17.9. The SMILES string of the molecule is Cc1cc(C)cc(-n2nc(C(=O)O)c(N(C)C3CCS(=O)(=O)C3)n2)c1. The van der Waals surface area contributed by atoms with Gasteiger partial charge in [-0.25, -0.2) is 13.2 Å². The monoisotopic (exact) mass is 364 g/mol. The van der Waals surface area contributed by atoms with Crippen LogP contribution in [0.1, 0.15) is 28.0 Å². The van der Waals surface area contributed by atoms with Crippen LogP contribution in [-0.4, -0.2) is 59.1 Å². The molecule has 1 unspecified atom stereocenters. The van der Waals surface area contributed by atoms with Crippen LogP contribution < -0.4 is 4.90 Å². The maximum Gasteiger partial charge on any atom is 0.360 e. The summed E-state index contributed by atoms with van der Waals surface area (Å²) in [7, 11) is -1.42. The van der Waals surface area contributed by atoms with Crippen molar-refractivity contribution in [1.29, 1.82) is 0 Å². The van der Waals surface area contributed by atoms with E-state index in [0.29, 0.717) is 12.1 Å². The molecule has 134 valence electrons. The van der Waals surface area contributed by atoms with Gasteiger partial charge in [0.1, 0.15) is 0 Å². The second kappa shape index (κ2) is 6.14. The molecule has 0 radical (unpaired) electrons. The van der Waals surface area contributed by atoms with Crippen LogP contribution >= 0.6 is 0 Å². The molecule has 2 heterocycles. The average molecular weight is 364 g/mol. The van der Waals surface area contributed by atoms with E-state index in [9.17, 15) is 18.3 Å². The van der Waals surface area contributed by atoms with Gasteiger partial charge in [0, 0.05) is 13.1 Å². The third-order valence-electron chi connectivity index (χ3n) is 4.33. The number of nitrogens with zero attached hydrogens (tertiary/aromatic N) is 4. The molecule has 2 aromatic rings. The number of hydrogen-bond acceptors (Lipinski definition) is 6. The Kier molecular flexibility index (Phi) is 4.28. The lowest BCUT2D eigenvalue weighted by Crippen LogP contribution is -2.34. The van der Waals surface area contributed by atoms with Crippen LogP contribution in [0.4, 0.5) is 5.82 Å². The molecule has 25 heavy (non-hydrogen) atoms. The van der Waals surface area contributed by atoms with Crippen molar-refractivity contribution >= 4 is 21.6 Å². The quantitative estimate of drug-likeness (QED) is 0.869. The summed E-state index contributed by atoms with van der Waals surface area (Å²) < 4.78 is 23.4. The lowest BCUT2D eigenvalue weighted by atomic mass is 10.1. The summed E-state index contributed by atoms with van der Waals surface area (Å²) in [6.07, 6.45) is 0.453. The van der Waals surface area contributed by atoms with Crippen molar-refractivity contribution in [3.05, 3.63) is 35.0 Å². The number of sulfone groups is 1. The summed E-state index contributed by atoms with van der Waals surface area (Å²) in [6.45, 7) is 3.88. The number of benzene rings is 1. The summed E-state index contributed by atoms with van der Waals surface area (Å²) in [4.78, 5) is 14.5. The van der Waals surface area contributed by atoms with Crippen molar-refractivity contribution in [2.45, 2.75) is 26.3 Å². The van der Waals surface area contributed by atoms with Gasteiger partial charge in [0.15, 0.2) is 15.7 Å². The topological polar surface area (TPSA) is 105 Å². The Hall–Kier alpha value is -2.42. The number of carbonyl (C=O) groups is 1. The van der Waals surface area contributed by atoms with Crippen LogP contribution in [0.25, 0.3) is 5.69 Å². The molecule has 1 N–H and O–H groups in total. The zero-order valence-corrected chi connectivity index (χ0v) is 15.1. The second-order valence-electron chi connectivity index (χ2n) is 6.48. The predicted molar refractivity (Wildman–Crippen MR) is 93.3 cm³/mol. The van der Waals surface area contributed by atoms with E-state index in [4.69, 9.17) is 0 Å². The fraction of sp³-hybridized carbons (Fsp3) is 0.438. The second-order valence-corrected chi connectivity index (χ2v) is 8.71. The van der Waals surface area contributed by atoms with Crippen molar-refractivity contribution in [1.82, 2.24) is 15.0 Å². The van der Waals surface area contributed by atoms with Gasteiger partial charge < -0.3 is 10.0 Å². The van der Waals surface area contributed by atoms with Crippen LogP contribution in [0, 0.1) is 13.8 Å². The summed E-state index contributed by atoms with van der Waals surface area (Å²) in [5.41, 5.74) is 2.51. The van der Waals surface area contributed by atoms with Crippen LogP contribution in [0.2, 0.25) is 0 Å². The molecule has 0 spiro atoms. The number of carboxylic acids is 1. The van der Waals surface area contributed by atoms with Gasteiger partial charge in [-0.1, -0.05) is 6.07 Å². The Balaban J connectivity index is 2.02. The van der Waals surface area contributed by atoms with E-state index >= 15 is 0 Å². The highest BCUT2D eigenvalue weighted by Gasteiger charge is 2.34. The third kappa shape index (κ3) is 3.51. The first kappa shape index (κ1) is 17.4. The molecule has 1 aliphatic rings. The van der Waals surface area contributed by atoms with Gasteiger partial charge in [-0.15, -0.1) is 15.0 Å². The number of aromatic carboxylic acids is 1. The maximum absolute atomic E-state index is 11.7. The Morgan fingerprint density at radius 2 is 1.88 bits per heavy atom. The molecule has 1 aromatic heterocycles. The molecule has 0 bridgehead atoms. The van der Waals surface area contributed by atoms with Gasteiger partial charge in [-0.05, 0) is 43.5 Å². The van der Waals surface area contributed by atoms with Crippen molar-refractivity contribution in [3.8, 4) is 5.69 Å². The number of carboxylic acid groups (broad SMARTS) is 1. The van der Waals surface area contributed by atoms with Crippen molar-refractivity contribution in [3.63, 3.8) is 0 Å². The zero-order chi connectivity index (χ0) is 18.4. The first-order valence-corrected chi connectivity index (χ1v) is 9.71. The van der Waals surface area contributed by atoms with Crippen LogP contribution in [0.3, 0.4) is 0 Å². The summed E-state index contributed by atoms with van der Waals surface area (Å²) in [6, 6.07) is 5.43. The average Bonchev–Trinajstić information content (AvgIpc) is 3.09. The highest BCUT2D eigenvalue weighted by molar-refractivity contribution is 7.91. The van der Waals surface area contributed by atoms with E-state index in [-0.39, 0.29) is 29.1 Å². The van der Waals surface area contributed by atoms with Gasteiger partial charge in [0.05, 0.1) is 17.2 Å². The fourth-order valence-corrected chi connectivity index (χ4v) is 4.88. The molecule has 0 saturated carbocycles. The van der Waals surface area contributed by atoms with Gasteiger partial charge in [-0.2, -0.15) is 0 Å². The predicted octanol–water partition coefficient (Wildman–Crippen LogP) is 1.21.